The van der Waals surface area contributed by atoms with Gasteiger partial charge in [0, 0.05) is 41.5 Å². The fourth-order valence-electron chi connectivity index (χ4n) is 6.73. The number of nitrogens with zero attached hydrogens (tertiary/aromatic N) is 1. The van der Waals surface area contributed by atoms with Crippen LogP contribution in [0.1, 0.15) is 58.3 Å². The average molecular weight is 701 g/mol. The SMILES string of the molecule is COc1cc2c(Oc3ccc(NC(=O)C4(C(=O)Nc5ccc(F)cc5)CC4)cc3F)ccnc2cc1OCC1CCC(C)C(CCC(N)=O)CC1. The zero-order valence-electron chi connectivity index (χ0n) is 28.7. The summed E-state index contributed by atoms with van der Waals surface area (Å²) in [5.41, 5.74) is 5.20. The molecule has 0 saturated heterocycles. The van der Waals surface area contributed by atoms with Gasteiger partial charge in [-0.1, -0.05) is 13.3 Å². The van der Waals surface area contributed by atoms with Crippen LogP contribution in [0.5, 0.6) is 23.0 Å². The van der Waals surface area contributed by atoms with E-state index < -0.39 is 28.9 Å². The Labute approximate surface area is 295 Å². The first kappa shape index (κ1) is 35.6. The summed E-state index contributed by atoms with van der Waals surface area (Å²) in [6.07, 6.45) is 7.60. The van der Waals surface area contributed by atoms with Crippen LogP contribution in [0.4, 0.5) is 20.2 Å². The summed E-state index contributed by atoms with van der Waals surface area (Å²) in [5.74, 6) is 0.171. The van der Waals surface area contributed by atoms with Crippen molar-refractivity contribution >= 4 is 40.0 Å². The molecule has 10 nitrogen and oxygen atoms in total. The van der Waals surface area contributed by atoms with E-state index in [0.717, 1.165) is 38.2 Å². The van der Waals surface area contributed by atoms with Crippen LogP contribution < -0.4 is 30.6 Å². The maximum absolute atomic E-state index is 15.4. The van der Waals surface area contributed by atoms with E-state index in [1.165, 1.54) is 36.4 Å². The molecule has 4 aromatic rings. The molecule has 6 rings (SSSR count). The summed E-state index contributed by atoms with van der Waals surface area (Å²) < 4.78 is 46.5. The number of hydrogen-bond donors (Lipinski definition) is 3. The summed E-state index contributed by atoms with van der Waals surface area (Å²) in [7, 11) is 1.55. The topological polar surface area (TPSA) is 142 Å². The molecule has 1 heterocycles. The van der Waals surface area contributed by atoms with Gasteiger partial charge in [-0.3, -0.25) is 19.4 Å². The number of fused-ring (bicyclic) bond motifs is 1. The summed E-state index contributed by atoms with van der Waals surface area (Å²) in [6.45, 7) is 2.76. The molecular weight excluding hydrogens is 658 g/mol. The van der Waals surface area contributed by atoms with Gasteiger partial charge in [0.25, 0.3) is 0 Å². The zero-order chi connectivity index (χ0) is 36.1. The quantitative estimate of drug-likeness (QED) is 0.0956. The minimum atomic E-state index is -1.29. The summed E-state index contributed by atoms with van der Waals surface area (Å²) in [5, 5.41) is 5.88. The highest BCUT2D eigenvalue weighted by atomic mass is 19.1. The lowest BCUT2D eigenvalue weighted by molar-refractivity contribution is -0.131. The second-order valence-corrected chi connectivity index (χ2v) is 13.6. The largest absolute Gasteiger partial charge is 0.493 e. The fourth-order valence-corrected chi connectivity index (χ4v) is 6.73. The van der Waals surface area contributed by atoms with E-state index in [0.29, 0.717) is 77.5 Å². The van der Waals surface area contributed by atoms with Gasteiger partial charge in [-0.25, -0.2) is 8.78 Å². The lowest BCUT2D eigenvalue weighted by Gasteiger charge is -2.20. The third-order valence-electron chi connectivity index (χ3n) is 10.1. The van der Waals surface area contributed by atoms with Crippen LogP contribution in [-0.2, 0) is 14.4 Å². The van der Waals surface area contributed by atoms with Gasteiger partial charge in [-0.05, 0) is 105 Å². The Morgan fingerprint density at radius 1 is 0.863 bits per heavy atom. The standard InChI is InChI=1S/C39H42F2N4O6/c1-23-3-4-24(5-6-25(23)7-14-36(42)46)22-50-35-21-31-29(20-34(35)49-2)32(15-18-43-31)51-33-13-12-28(19-30(33)41)45-38(48)39(16-17-39)37(47)44-27-10-8-26(40)9-11-27/h8-13,15,18-21,23-25H,3-7,14,16-17,22H2,1-2H3,(H2,42,46)(H,44,47)(H,45,48). The lowest BCUT2D eigenvalue weighted by atomic mass is 9.86. The third kappa shape index (κ3) is 8.38. The van der Waals surface area contributed by atoms with Gasteiger partial charge in [0.1, 0.15) is 17.0 Å². The molecule has 12 heteroatoms. The molecule has 0 bridgehead atoms. The fraction of sp³-hybridized carbons (Fsp3) is 0.385. The molecule has 1 aromatic heterocycles. The first-order valence-corrected chi connectivity index (χ1v) is 17.3. The van der Waals surface area contributed by atoms with Crippen molar-refractivity contribution in [1.29, 1.82) is 0 Å². The molecule has 51 heavy (non-hydrogen) atoms. The van der Waals surface area contributed by atoms with Gasteiger partial charge >= 0.3 is 0 Å². The minimum absolute atomic E-state index is 0.0771. The van der Waals surface area contributed by atoms with E-state index in [4.69, 9.17) is 19.9 Å². The Morgan fingerprint density at radius 2 is 1.57 bits per heavy atom. The number of anilines is 2. The Morgan fingerprint density at radius 3 is 2.25 bits per heavy atom. The molecule has 3 unspecified atom stereocenters. The van der Waals surface area contributed by atoms with E-state index in [1.54, 1.807) is 31.5 Å². The number of aromatic nitrogens is 1. The second-order valence-electron chi connectivity index (χ2n) is 13.6. The van der Waals surface area contributed by atoms with Gasteiger partial charge in [0.05, 0.1) is 19.2 Å². The molecular formula is C39H42F2N4O6. The van der Waals surface area contributed by atoms with Gasteiger partial charge in [0.2, 0.25) is 17.7 Å². The number of rotatable bonds is 13. The van der Waals surface area contributed by atoms with Crippen molar-refractivity contribution in [3.63, 3.8) is 0 Å². The van der Waals surface area contributed by atoms with Crippen molar-refractivity contribution in [1.82, 2.24) is 4.98 Å². The number of primary amides is 1. The maximum Gasteiger partial charge on any atom is 0.240 e. The van der Waals surface area contributed by atoms with E-state index in [1.807, 2.05) is 0 Å². The number of amides is 3. The number of nitrogens with one attached hydrogen (secondary N) is 2. The molecule has 2 aliphatic rings. The number of pyridine rings is 1. The van der Waals surface area contributed by atoms with E-state index in [2.05, 4.69) is 22.5 Å². The van der Waals surface area contributed by atoms with Gasteiger partial charge in [-0.15, -0.1) is 0 Å². The molecule has 4 N–H and O–H groups in total. The highest BCUT2D eigenvalue weighted by molar-refractivity contribution is 6.16. The molecule has 3 aromatic carbocycles. The Bertz CT molecular complexity index is 1920. The molecule has 0 aliphatic heterocycles. The lowest BCUT2D eigenvalue weighted by Crippen LogP contribution is -2.35. The smallest absolute Gasteiger partial charge is 0.240 e. The average Bonchev–Trinajstić information content (AvgIpc) is 3.95. The predicted octanol–water partition coefficient (Wildman–Crippen LogP) is 7.76. The summed E-state index contributed by atoms with van der Waals surface area (Å²) in [4.78, 5) is 41.8. The van der Waals surface area contributed by atoms with Crippen molar-refractivity contribution in [2.24, 2.45) is 28.9 Å². The number of ether oxygens (including phenoxy) is 3. The Kier molecular flexibility index (Phi) is 10.7. The number of halogens is 2. The first-order chi connectivity index (χ1) is 24.5. The monoisotopic (exact) mass is 700 g/mol. The van der Waals surface area contributed by atoms with Crippen LogP contribution in [0.3, 0.4) is 0 Å². The van der Waals surface area contributed by atoms with Gasteiger partial charge < -0.3 is 30.6 Å². The van der Waals surface area contributed by atoms with Crippen molar-refractivity contribution < 1.29 is 37.4 Å². The normalized spacial score (nSPS) is 19.4. The van der Waals surface area contributed by atoms with E-state index in [-0.39, 0.29) is 17.3 Å². The number of carbonyl (C=O) groups excluding carboxylic acids is 3. The Hall–Kier alpha value is -5.26. The van der Waals surface area contributed by atoms with Crippen LogP contribution in [0.15, 0.2) is 66.9 Å². The number of methoxy groups -OCH3 is 1. The number of carbonyl (C=O) groups is 3. The molecule has 268 valence electrons. The molecule has 2 saturated carbocycles. The van der Waals surface area contributed by atoms with Crippen molar-refractivity contribution in [2.75, 3.05) is 24.4 Å². The highest BCUT2D eigenvalue weighted by Gasteiger charge is 2.56. The predicted molar refractivity (Wildman–Crippen MR) is 189 cm³/mol. The third-order valence-corrected chi connectivity index (χ3v) is 10.1. The van der Waals surface area contributed by atoms with Crippen molar-refractivity contribution in [3.05, 3.63) is 78.5 Å². The molecule has 0 spiro atoms. The number of hydrogen-bond acceptors (Lipinski definition) is 7. The number of nitrogens with two attached hydrogens (primary N) is 1. The van der Waals surface area contributed by atoms with Crippen LogP contribution in [-0.4, -0.2) is 36.4 Å². The van der Waals surface area contributed by atoms with Gasteiger partial charge in [-0.2, -0.15) is 0 Å². The Balaban J connectivity index is 1.10. The van der Waals surface area contributed by atoms with Gasteiger partial charge in [0.15, 0.2) is 23.1 Å². The molecule has 3 atom stereocenters. The molecule has 0 radical (unpaired) electrons. The van der Waals surface area contributed by atoms with E-state index >= 15 is 4.39 Å². The summed E-state index contributed by atoms with van der Waals surface area (Å²) >= 11 is 0. The zero-order valence-corrected chi connectivity index (χ0v) is 28.7. The van der Waals surface area contributed by atoms with Crippen LogP contribution in [0.2, 0.25) is 0 Å². The molecule has 3 amide bonds. The maximum atomic E-state index is 15.4. The van der Waals surface area contributed by atoms with Crippen LogP contribution >= 0.6 is 0 Å². The van der Waals surface area contributed by atoms with Crippen molar-refractivity contribution in [3.8, 4) is 23.0 Å². The van der Waals surface area contributed by atoms with Crippen LogP contribution in [0, 0.1) is 34.8 Å². The van der Waals surface area contributed by atoms with E-state index in [9.17, 15) is 18.8 Å². The van der Waals surface area contributed by atoms with Crippen molar-refractivity contribution in [2.45, 2.75) is 58.3 Å². The number of benzene rings is 3. The highest BCUT2D eigenvalue weighted by Crippen LogP contribution is 2.48. The second kappa shape index (κ2) is 15.3. The first-order valence-electron chi connectivity index (χ1n) is 17.3. The minimum Gasteiger partial charge on any atom is -0.493 e. The van der Waals surface area contributed by atoms with Crippen LogP contribution in [0.25, 0.3) is 10.9 Å². The summed E-state index contributed by atoms with van der Waals surface area (Å²) in [6, 6.07) is 14.4. The molecule has 2 fully saturated rings. The molecule has 2 aliphatic carbocycles.